The SMILES string of the molecule is CC(C)NCC(C)(C)CN1CC(O)CC1CN(C)C. The van der Waals surface area contributed by atoms with Crippen LogP contribution in [0.1, 0.15) is 34.1 Å². The van der Waals surface area contributed by atoms with Gasteiger partial charge in [0, 0.05) is 38.3 Å². The number of hydrogen-bond donors (Lipinski definition) is 2. The second-order valence-electron chi connectivity index (χ2n) is 7.43. The molecule has 1 heterocycles. The number of likely N-dealkylation sites (tertiary alicyclic amines) is 1. The van der Waals surface area contributed by atoms with Crippen LogP contribution in [0.15, 0.2) is 0 Å². The Balaban J connectivity index is 2.52. The van der Waals surface area contributed by atoms with Crippen molar-refractivity contribution in [3.63, 3.8) is 0 Å². The lowest BCUT2D eigenvalue weighted by Gasteiger charge is -2.35. The molecule has 4 nitrogen and oxygen atoms in total. The minimum atomic E-state index is -0.154. The summed E-state index contributed by atoms with van der Waals surface area (Å²) in [5, 5.41) is 13.4. The normalized spacial score (nSPS) is 25.7. The minimum absolute atomic E-state index is 0.154. The first-order valence-electron chi connectivity index (χ1n) is 7.50. The van der Waals surface area contributed by atoms with E-state index in [0.717, 1.165) is 32.6 Å². The fraction of sp³-hybridized carbons (Fsp3) is 1.00. The number of aliphatic hydroxyl groups excluding tert-OH is 1. The molecule has 0 amide bonds. The zero-order chi connectivity index (χ0) is 14.6. The molecule has 2 N–H and O–H groups in total. The van der Waals surface area contributed by atoms with E-state index in [4.69, 9.17) is 0 Å². The van der Waals surface area contributed by atoms with Crippen molar-refractivity contribution >= 4 is 0 Å². The summed E-state index contributed by atoms with van der Waals surface area (Å²) < 4.78 is 0. The highest BCUT2D eigenvalue weighted by Gasteiger charge is 2.34. The van der Waals surface area contributed by atoms with Gasteiger partial charge in [0.25, 0.3) is 0 Å². The van der Waals surface area contributed by atoms with Gasteiger partial charge in [-0.2, -0.15) is 0 Å². The Kier molecular flexibility index (Phi) is 6.24. The van der Waals surface area contributed by atoms with Gasteiger partial charge in [0.1, 0.15) is 0 Å². The highest BCUT2D eigenvalue weighted by atomic mass is 16.3. The summed E-state index contributed by atoms with van der Waals surface area (Å²) in [7, 11) is 4.21. The van der Waals surface area contributed by atoms with Gasteiger partial charge in [-0.1, -0.05) is 27.7 Å². The van der Waals surface area contributed by atoms with E-state index in [1.54, 1.807) is 0 Å². The Morgan fingerprint density at radius 2 is 2.00 bits per heavy atom. The number of aliphatic hydroxyl groups is 1. The number of nitrogens with one attached hydrogen (secondary N) is 1. The van der Waals surface area contributed by atoms with Crippen LogP contribution in [0.25, 0.3) is 0 Å². The molecule has 2 atom stereocenters. The molecule has 0 aliphatic carbocycles. The molecule has 0 aromatic heterocycles. The van der Waals surface area contributed by atoms with Crippen molar-refractivity contribution in [3.05, 3.63) is 0 Å². The maximum absolute atomic E-state index is 9.92. The third-order valence-corrected chi connectivity index (χ3v) is 3.70. The summed E-state index contributed by atoms with van der Waals surface area (Å²) in [5.41, 5.74) is 0.235. The van der Waals surface area contributed by atoms with Crippen LogP contribution in [0, 0.1) is 5.41 Å². The van der Waals surface area contributed by atoms with Crippen molar-refractivity contribution in [2.24, 2.45) is 5.41 Å². The van der Waals surface area contributed by atoms with Crippen molar-refractivity contribution in [1.29, 1.82) is 0 Å². The lowest BCUT2D eigenvalue weighted by Crippen LogP contribution is -2.46. The van der Waals surface area contributed by atoms with E-state index in [-0.39, 0.29) is 11.5 Å². The molecule has 0 radical (unpaired) electrons. The van der Waals surface area contributed by atoms with Crippen molar-refractivity contribution in [1.82, 2.24) is 15.1 Å². The Morgan fingerprint density at radius 3 is 2.53 bits per heavy atom. The lowest BCUT2D eigenvalue weighted by atomic mass is 9.92. The molecular weight excluding hydrogens is 238 g/mol. The average Bonchev–Trinajstić information content (AvgIpc) is 2.54. The molecule has 1 saturated heterocycles. The molecule has 19 heavy (non-hydrogen) atoms. The number of likely N-dealkylation sites (N-methyl/N-ethyl adjacent to an activating group) is 1. The topological polar surface area (TPSA) is 38.7 Å². The minimum Gasteiger partial charge on any atom is -0.392 e. The van der Waals surface area contributed by atoms with Crippen molar-refractivity contribution < 1.29 is 5.11 Å². The van der Waals surface area contributed by atoms with Gasteiger partial charge in [0.15, 0.2) is 0 Å². The molecule has 114 valence electrons. The van der Waals surface area contributed by atoms with Crippen LogP contribution >= 0.6 is 0 Å². The third kappa shape index (κ3) is 6.21. The van der Waals surface area contributed by atoms with E-state index < -0.39 is 0 Å². The molecule has 0 spiro atoms. The van der Waals surface area contributed by atoms with E-state index in [9.17, 15) is 5.11 Å². The quantitative estimate of drug-likeness (QED) is 0.725. The van der Waals surface area contributed by atoms with Crippen molar-refractivity contribution in [3.8, 4) is 0 Å². The molecule has 1 aliphatic heterocycles. The van der Waals surface area contributed by atoms with Gasteiger partial charge >= 0.3 is 0 Å². The number of hydrogen-bond acceptors (Lipinski definition) is 4. The molecule has 1 aliphatic rings. The Bertz CT molecular complexity index is 266. The maximum atomic E-state index is 9.92. The van der Waals surface area contributed by atoms with Gasteiger partial charge in [-0.25, -0.2) is 0 Å². The van der Waals surface area contributed by atoms with Crippen LogP contribution < -0.4 is 5.32 Å². The summed E-state index contributed by atoms with van der Waals surface area (Å²) in [5.74, 6) is 0. The van der Waals surface area contributed by atoms with Crippen LogP contribution in [-0.4, -0.2) is 73.4 Å². The highest BCUT2D eigenvalue weighted by molar-refractivity contribution is 4.90. The maximum Gasteiger partial charge on any atom is 0.0682 e. The molecule has 1 rings (SSSR count). The van der Waals surface area contributed by atoms with Crippen LogP contribution in [0.3, 0.4) is 0 Å². The Hall–Kier alpha value is -0.160. The molecule has 0 saturated carbocycles. The van der Waals surface area contributed by atoms with Gasteiger partial charge in [-0.05, 0) is 25.9 Å². The first-order valence-corrected chi connectivity index (χ1v) is 7.50. The smallest absolute Gasteiger partial charge is 0.0682 e. The number of rotatable bonds is 7. The monoisotopic (exact) mass is 271 g/mol. The van der Waals surface area contributed by atoms with Gasteiger partial charge in [0.2, 0.25) is 0 Å². The second-order valence-corrected chi connectivity index (χ2v) is 7.43. The molecular formula is C15H33N3O. The summed E-state index contributed by atoms with van der Waals surface area (Å²) in [6.45, 7) is 12.9. The molecule has 2 unspecified atom stereocenters. The van der Waals surface area contributed by atoms with Gasteiger partial charge in [0.05, 0.1) is 6.10 Å². The molecule has 0 aromatic carbocycles. The summed E-state index contributed by atoms with van der Waals surface area (Å²) >= 11 is 0. The van der Waals surface area contributed by atoms with Crippen LogP contribution in [0.5, 0.6) is 0 Å². The summed E-state index contributed by atoms with van der Waals surface area (Å²) in [6, 6.07) is 1.02. The second kappa shape index (κ2) is 7.02. The van der Waals surface area contributed by atoms with Crippen LogP contribution in [0.2, 0.25) is 0 Å². The van der Waals surface area contributed by atoms with E-state index in [1.165, 1.54) is 0 Å². The Morgan fingerprint density at radius 1 is 1.37 bits per heavy atom. The van der Waals surface area contributed by atoms with Crippen molar-refractivity contribution in [2.45, 2.75) is 52.3 Å². The van der Waals surface area contributed by atoms with Crippen LogP contribution in [-0.2, 0) is 0 Å². The zero-order valence-corrected chi connectivity index (χ0v) is 13.6. The predicted octanol–water partition coefficient (Wildman–Crippen LogP) is 1.01. The zero-order valence-electron chi connectivity index (χ0n) is 13.6. The highest BCUT2D eigenvalue weighted by Crippen LogP contribution is 2.24. The fourth-order valence-corrected chi connectivity index (χ4v) is 2.85. The standard InChI is InChI=1S/C15H33N3O/c1-12(2)16-10-15(3,4)11-18-9-14(19)7-13(18)8-17(5)6/h12-14,16,19H,7-11H2,1-6H3. The molecule has 1 fully saturated rings. The van der Waals surface area contributed by atoms with Crippen molar-refractivity contribution in [2.75, 3.05) is 40.3 Å². The predicted molar refractivity (Wildman–Crippen MR) is 81.5 cm³/mol. The van der Waals surface area contributed by atoms with E-state index in [0.29, 0.717) is 12.1 Å². The number of nitrogens with zero attached hydrogens (tertiary/aromatic N) is 2. The first kappa shape index (κ1) is 16.9. The third-order valence-electron chi connectivity index (χ3n) is 3.70. The lowest BCUT2D eigenvalue weighted by molar-refractivity contribution is 0.129. The Labute approximate surface area is 119 Å². The van der Waals surface area contributed by atoms with E-state index in [2.05, 4.69) is 56.9 Å². The molecule has 0 aromatic rings. The van der Waals surface area contributed by atoms with Gasteiger partial charge in [-0.15, -0.1) is 0 Å². The van der Waals surface area contributed by atoms with Crippen LogP contribution in [0.4, 0.5) is 0 Å². The molecule has 0 bridgehead atoms. The van der Waals surface area contributed by atoms with Gasteiger partial charge in [-0.3, -0.25) is 4.90 Å². The fourth-order valence-electron chi connectivity index (χ4n) is 2.85. The van der Waals surface area contributed by atoms with E-state index in [1.807, 2.05) is 0 Å². The summed E-state index contributed by atoms with van der Waals surface area (Å²) in [4.78, 5) is 4.68. The first-order chi connectivity index (χ1) is 8.69. The average molecular weight is 271 g/mol. The summed E-state index contributed by atoms with van der Waals surface area (Å²) in [6.07, 6.45) is 0.755. The number of β-amino-alcohol motifs (C(OH)–C–C–N with tert-alkyl or cyclic N) is 1. The van der Waals surface area contributed by atoms with Gasteiger partial charge < -0.3 is 15.3 Å². The molecule has 4 heteroatoms. The largest absolute Gasteiger partial charge is 0.392 e. The van der Waals surface area contributed by atoms with E-state index >= 15 is 0 Å².